The van der Waals surface area contributed by atoms with Crippen LogP contribution in [0.5, 0.6) is 0 Å². The number of hydrogen-bond acceptors (Lipinski definition) is 7. The lowest BCUT2D eigenvalue weighted by Gasteiger charge is -2.66. The van der Waals surface area contributed by atoms with Crippen molar-refractivity contribution in [3.8, 4) is 0 Å². The number of methoxy groups -OCH3 is 1. The van der Waals surface area contributed by atoms with Crippen molar-refractivity contribution in [2.45, 2.75) is 83.7 Å². The molecule has 0 amide bonds. The number of carbonyl (C=O) groups excluding carboxylic acids is 2. The maximum absolute atomic E-state index is 14.3. The Balaban J connectivity index is 1.61. The highest BCUT2D eigenvalue weighted by molar-refractivity contribution is 6.04. The maximum atomic E-state index is 14.3. The average Bonchev–Trinajstić information content (AvgIpc) is 3.13. The molecule has 9 unspecified atom stereocenters. The molecule has 5 aliphatic rings. The first-order chi connectivity index (χ1) is 15.8. The SMILES string of the molecule is COC1CC(=O)C(C)(C)C2=C(O)C(=O)C3(C)C(C(O)CC4(C)C(c5ccoc5)CC5OC543)C21C. The van der Waals surface area contributed by atoms with E-state index in [-0.39, 0.29) is 30.0 Å². The van der Waals surface area contributed by atoms with E-state index in [1.54, 1.807) is 33.5 Å². The summed E-state index contributed by atoms with van der Waals surface area (Å²) in [6.07, 6.45) is 3.15. The van der Waals surface area contributed by atoms with Gasteiger partial charge in [-0.25, -0.2) is 0 Å². The smallest absolute Gasteiger partial charge is 0.206 e. The fourth-order valence-electron chi connectivity index (χ4n) is 9.64. The Morgan fingerprint density at radius 3 is 2.47 bits per heavy atom. The predicted octanol–water partition coefficient (Wildman–Crippen LogP) is 3.71. The predicted molar refractivity (Wildman–Crippen MR) is 121 cm³/mol. The summed E-state index contributed by atoms with van der Waals surface area (Å²) >= 11 is 0. The molecule has 1 aromatic heterocycles. The molecule has 1 aliphatic heterocycles. The molecule has 184 valence electrons. The molecule has 4 aliphatic carbocycles. The van der Waals surface area contributed by atoms with Gasteiger partial charge in [-0.3, -0.25) is 9.59 Å². The number of allylic oxidation sites excluding steroid dienone is 1. The molecular weight excluding hydrogens is 436 g/mol. The van der Waals surface area contributed by atoms with E-state index >= 15 is 0 Å². The van der Waals surface area contributed by atoms with Crippen molar-refractivity contribution < 1.29 is 33.7 Å². The Morgan fingerprint density at radius 2 is 1.85 bits per heavy atom. The summed E-state index contributed by atoms with van der Waals surface area (Å²) in [5, 5.41) is 23.5. The van der Waals surface area contributed by atoms with Crippen LogP contribution < -0.4 is 0 Å². The lowest BCUT2D eigenvalue weighted by molar-refractivity contribution is -0.211. The van der Waals surface area contributed by atoms with Crippen LogP contribution in [0, 0.1) is 27.6 Å². The quantitative estimate of drug-likeness (QED) is 0.634. The first-order valence-corrected chi connectivity index (χ1v) is 12.3. The number of epoxide rings is 1. The summed E-state index contributed by atoms with van der Waals surface area (Å²) in [5.74, 6) is -1.37. The molecule has 0 radical (unpaired) electrons. The van der Waals surface area contributed by atoms with Gasteiger partial charge in [0.15, 0.2) is 5.76 Å². The van der Waals surface area contributed by atoms with Crippen LogP contribution in [0.4, 0.5) is 0 Å². The van der Waals surface area contributed by atoms with E-state index in [0.717, 1.165) is 12.0 Å². The fourth-order valence-corrected chi connectivity index (χ4v) is 9.64. The van der Waals surface area contributed by atoms with E-state index in [0.29, 0.717) is 12.0 Å². The molecule has 6 rings (SSSR count). The van der Waals surface area contributed by atoms with E-state index in [1.807, 2.05) is 19.9 Å². The lowest BCUT2D eigenvalue weighted by Crippen LogP contribution is -2.73. The molecule has 1 aromatic rings. The van der Waals surface area contributed by atoms with Crippen molar-refractivity contribution >= 4 is 11.6 Å². The molecular formula is C27H34O7. The Bertz CT molecular complexity index is 1130. The minimum absolute atomic E-state index is 0.0631. The highest BCUT2D eigenvalue weighted by Gasteiger charge is 2.89. The number of ketones is 2. The number of hydrogen-bond donors (Lipinski definition) is 2. The first-order valence-electron chi connectivity index (χ1n) is 12.3. The molecule has 1 spiro atoms. The first kappa shape index (κ1) is 22.5. The Hall–Kier alpha value is -1.96. The van der Waals surface area contributed by atoms with Gasteiger partial charge in [0.05, 0.1) is 36.3 Å². The Kier molecular flexibility index (Phi) is 4.12. The molecule has 7 nitrogen and oxygen atoms in total. The zero-order valence-corrected chi connectivity index (χ0v) is 20.7. The second-order valence-corrected chi connectivity index (χ2v) is 12.4. The Morgan fingerprint density at radius 1 is 1.15 bits per heavy atom. The largest absolute Gasteiger partial charge is 0.504 e. The number of carbonyl (C=O) groups is 2. The van der Waals surface area contributed by atoms with Crippen LogP contribution >= 0.6 is 0 Å². The van der Waals surface area contributed by atoms with Gasteiger partial charge >= 0.3 is 0 Å². The molecule has 7 heteroatoms. The standard InChI is InChI=1S/C27H34O7/c1-23(2)16(29)10-17(32-6)25(4)20-15(28)11-24(3)14(13-7-8-33-12-13)9-18-27(24,34-18)26(20,5)22(31)19(30)21(23)25/h7-8,12,14-15,17-18,20,28,30H,9-11H2,1-6H3. The molecule has 34 heavy (non-hydrogen) atoms. The Labute approximate surface area is 199 Å². The third kappa shape index (κ3) is 2.05. The summed E-state index contributed by atoms with van der Waals surface area (Å²) < 4.78 is 17.7. The van der Waals surface area contributed by atoms with Crippen LogP contribution in [0.25, 0.3) is 0 Å². The molecule has 0 bridgehead atoms. The number of aliphatic hydroxyl groups excluding tert-OH is 2. The highest BCUT2D eigenvalue weighted by atomic mass is 16.6. The van der Waals surface area contributed by atoms with Crippen molar-refractivity contribution in [2.24, 2.45) is 27.6 Å². The van der Waals surface area contributed by atoms with Crippen molar-refractivity contribution in [1.82, 2.24) is 0 Å². The molecule has 4 fully saturated rings. The maximum Gasteiger partial charge on any atom is 0.206 e. The van der Waals surface area contributed by atoms with Gasteiger partial charge in [0, 0.05) is 35.7 Å². The van der Waals surface area contributed by atoms with Gasteiger partial charge in [0.2, 0.25) is 5.78 Å². The van der Waals surface area contributed by atoms with Gasteiger partial charge in [-0.2, -0.15) is 0 Å². The summed E-state index contributed by atoms with van der Waals surface area (Å²) in [7, 11) is 1.56. The topological polar surface area (TPSA) is 110 Å². The zero-order valence-electron chi connectivity index (χ0n) is 20.7. The van der Waals surface area contributed by atoms with Gasteiger partial charge in [0.1, 0.15) is 11.4 Å². The molecule has 0 aromatic carbocycles. The summed E-state index contributed by atoms with van der Waals surface area (Å²) in [6, 6.07) is 1.95. The highest BCUT2D eigenvalue weighted by Crippen LogP contribution is 2.81. The van der Waals surface area contributed by atoms with Gasteiger partial charge in [-0.05, 0) is 56.7 Å². The van der Waals surface area contributed by atoms with E-state index in [9.17, 15) is 19.8 Å². The number of fused-ring (bicyclic) bond motifs is 3. The van der Waals surface area contributed by atoms with Crippen LogP contribution in [0.2, 0.25) is 0 Å². The monoisotopic (exact) mass is 470 g/mol. The number of rotatable bonds is 2. The number of furan rings is 1. The van der Waals surface area contributed by atoms with E-state index in [4.69, 9.17) is 13.9 Å². The zero-order chi connectivity index (χ0) is 24.6. The fraction of sp³-hybridized carbons (Fsp3) is 0.704. The van der Waals surface area contributed by atoms with Crippen molar-refractivity contribution in [3.05, 3.63) is 35.5 Å². The molecule has 2 N–H and O–H groups in total. The van der Waals surface area contributed by atoms with Crippen molar-refractivity contribution in [3.63, 3.8) is 0 Å². The molecule has 1 saturated heterocycles. The van der Waals surface area contributed by atoms with E-state index < -0.39 is 51.2 Å². The number of ether oxygens (including phenoxy) is 2. The van der Waals surface area contributed by atoms with Crippen LogP contribution in [-0.2, 0) is 19.1 Å². The summed E-state index contributed by atoms with van der Waals surface area (Å²) in [4.78, 5) is 27.4. The van der Waals surface area contributed by atoms with Crippen molar-refractivity contribution in [1.29, 1.82) is 0 Å². The van der Waals surface area contributed by atoms with Crippen LogP contribution in [0.3, 0.4) is 0 Å². The normalized spacial score (nSPS) is 51.0. The molecule has 2 heterocycles. The lowest BCUT2D eigenvalue weighted by atomic mass is 9.37. The second kappa shape index (κ2) is 6.23. The van der Waals surface area contributed by atoms with E-state index in [1.165, 1.54) is 0 Å². The van der Waals surface area contributed by atoms with Gasteiger partial charge in [0.25, 0.3) is 0 Å². The van der Waals surface area contributed by atoms with Crippen LogP contribution in [-0.4, -0.2) is 52.8 Å². The van der Waals surface area contributed by atoms with Crippen molar-refractivity contribution in [2.75, 3.05) is 7.11 Å². The van der Waals surface area contributed by atoms with Gasteiger partial charge in [-0.15, -0.1) is 0 Å². The third-order valence-electron chi connectivity index (χ3n) is 10.9. The minimum atomic E-state index is -1.18. The van der Waals surface area contributed by atoms with Gasteiger partial charge < -0.3 is 24.1 Å². The summed E-state index contributed by atoms with van der Waals surface area (Å²) in [6.45, 7) is 9.46. The number of Topliss-reactive ketones (excluding diaryl/α,β-unsaturated/α-hetero) is 2. The van der Waals surface area contributed by atoms with Crippen LogP contribution in [0.1, 0.15) is 65.4 Å². The van der Waals surface area contributed by atoms with E-state index in [2.05, 4.69) is 6.92 Å². The average molecular weight is 471 g/mol. The second-order valence-electron chi connectivity index (χ2n) is 12.4. The third-order valence-corrected chi connectivity index (χ3v) is 10.9. The minimum Gasteiger partial charge on any atom is -0.504 e. The number of aliphatic hydroxyl groups is 2. The molecule has 9 atom stereocenters. The molecule has 3 saturated carbocycles. The van der Waals surface area contributed by atoms with Crippen LogP contribution in [0.15, 0.2) is 34.3 Å². The van der Waals surface area contributed by atoms with Gasteiger partial charge in [-0.1, -0.05) is 13.8 Å². The summed E-state index contributed by atoms with van der Waals surface area (Å²) in [5.41, 5.74) is -3.05.